The van der Waals surface area contributed by atoms with Crippen molar-refractivity contribution in [3.63, 3.8) is 0 Å². The quantitative estimate of drug-likeness (QED) is 0.590. The van der Waals surface area contributed by atoms with Crippen molar-refractivity contribution in [2.75, 3.05) is 0 Å². The molecule has 1 aromatic heterocycles. The molecule has 0 radical (unpaired) electrons. The van der Waals surface area contributed by atoms with Crippen LogP contribution < -0.4 is 0 Å². The van der Waals surface area contributed by atoms with Crippen molar-refractivity contribution in [2.24, 2.45) is 0 Å². The largest absolute Gasteiger partial charge is 0.295 e. The van der Waals surface area contributed by atoms with Crippen LogP contribution in [-0.4, -0.2) is 9.91 Å². The van der Waals surface area contributed by atoms with Gasteiger partial charge in [0.1, 0.15) is 11.5 Å². The summed E-state index contributed by atoms with van der Waals surface area (Å²) < 4.78 is 13.4. The second kappa shape index (κ2) is 4.29. The molecular weight excluding hydrogens is 223 g/mol. The van der Waals surface area contributed by atoms with Crippen molar-refractivity contribution in [3.8, 4) is 11.3 Å². The maximum absolute atomic E-state index is 13.4. The van der Waals surface area contributed by atoms with Gasteiger partial charge in [0, 0.05) is 17.8 Å². The predicted molar refractivity (Wildman–Crippen MR) is 61.0 cm³/mol. The fraction of sp³-hybridized carbons (Fsp3) is 0.0833. The lowest BCUT2D eigenvalue weighted by Crippen LogP contribution is -1.95. The van der Waals surface area contributed by atoms with Gasteiger partial charge in [0.15, 0.2) is 0 Å². The Labute approximate surface area is 96.9 Å². The molecule has 0 aliphatic carbocycles. The van der Waals surface area contributed by atoms with Crippen molar-refractivity contribution in [2.45, 2.75) is 6.92 Å². The average molecular weight is 232 g/mol. The first-order valence-electron chi connectivity index (χ1n) is 4.95. The molecule has 0 aliphatic heterocycles. The van der Waals surface area contributed by atoms with E-state index in [-0.39, 0.29) is 11.4 Å². The van der Waals surface area contributed by atoms with Gasteiger partial charge in [-0.1, -0.05) is 12.1 Å². The Balaban J connectivity index is 2.60. The molecule has 0 bridgehead atoms. The molecule has 0 saturated carbocycles. The van der Waals surface area contributed by atoms with E-state index in [1.165, 1.54) is 24.4 Å². The number of aromatic nitrogens is 1. The Bertz CT molecular complexity index is 584. The monoisotopic (exact) mass is 232 g/mol. The van der Waals surface area contributed by atoms with Gasteiger partial charge in [0.2, 0.25) is 0 Å². The maximum atomic E-state index is 13.4. The van der Waals surface area contributed by atoms with Crippen LogP contribution in [0.2, 0.25) is 0 Å². The molecule has 0 fully saturated rings. The highest BCUT2D eigenvalue weighted by Crippen LogP contribution is 2.28. The highest BCUT2D eigenvalue weighted by molar-refractivity contribution is 5.69. The van der Waals surface area contributed by atoms with E-state index < -0.39 is 10.7 Å². The first-order chi connectivity index (χ1) is 8.09. The second-order valence-electron chi connectivity index (χ2n) is 3.59. The predicted octanol–water partition coefficient (Wildman–Crippen LogP) is 3.10. The van der Waals surface area contributed by atoms with Crippen molar-refractivity contribution in [1.29, 1.82) is 0 Å². The third-order valence-electron chi connectivity index (χ3n) is 2.43. The summed E-state index contributed by atoms with van der Waals surface area (Å²) in [6.07, 6.45) is 1.44. The van der Waals surface area contributed by atoms with Gasteiger partial charge in [0.25, 0.3) is 5.69 Å². The zero-order valence-electron chi connectivity index (χ0n) is 9.05. The summed E-state index contributed by atoms with van der Waals surface area (Å²) >= 11 is 0. The molecule has 4 nitrogen and oxygen atoms in total. The number of benzene rings is 1. The van der Waals surface area contributed by atoms with E-state index in [2.05, 4.69) is 4.98 Å². The molecule has 0 N–H and O–H groups in total. The third-order valence-corrected chi connectivity index (χ3v) is 2.43. The lowest BCUT2D eigenvalue weighted by molar-refractivity contribution is -0.384. The maximum Gasteiger partial charge on any atom is 0.295 e. The number of aryl methyl sites for hydroxylation is 1. The lowest BCUT2D eigenvalue weighted by Gasteiger charge is -2.03. The highest BCUT2D eigenvalue weighted by Gasteiger charge is 2.16. The minimum atomic E-state index is -0.528. The van der Waals surface area contributed by atoms with E-state index in [1.807, 2.05) is 0 Å². The Hall–Kier alpha value is -2.30. The second-order valence-corrected chi connectivity index (χ2v) is 3.59. The topological polar surface area (TPSA) is 56.0 Å². The average Bonchev–Trinajstić information content (AvgIpc) is 2.32. The number of pyridine rings is 1. The smallest absolute Gasteiger partial charge is 0.258 e. The van der Waals surface area contributed by atoms with Crippen LogP contribution in [-0.2, 0) is 0 Å². The van der Waals surface area contributed by atoms with Gasteiger partial charge in [-0.15, -0.1) is 0 Å². The molecule has 0 atom stereocenters. The van der Waals surface area contributed by atoms with Gasteiger partial charge in [-0.2, -0.15) is 0 Å². The fourth-order valence-electron chi connectivity index (χ4n) is 1.51. The van der Waals surface area contributed by atoms with Gasteiger partial charge < -0.3 is 0 Å². The van der Waals surface area contributed by atoms with Crippen molar-refractivity contribution in [3.05, 3.63) is 58.0 Å². The van der Waals surface area contributed by atoms with E-state index in [9.17, 15) is 14.5 Å². The van der Waals surface area contributed by atoms with E-state index in [4.69, 9.17) is 0 Å². The van der Waals surface area contributed by atoms with Crippen LogP contribution in [0, 0.1) is 22.9 Å². The summed E-state index contributed by atoms with van der Waals surface area (Å²) in [6.45, 7) is 1.63. The van der Waals surface area contributed by atoms with Crippen molar-refractivity contribution in [1.82, 2.24) is 4.98 Å². The Kier molecular flexibility index (Phi) is 2.82. The number of hydrogen-bond acceptors (Lipinski definition) is 3. The first kappa shape index (κ1) is 11.2. The van der Waals surface area contributed by atoms with Crippen LogP contribution in [0.15, 0.2) is 36.5 Å². The van der Waals surface area contributed by atoms with Crippen molar-refractivity contribution >= 4 is 5.69 Å². The summed E-state index contributed by atoms with van der Waals surface area (Å²) in [4.78, 5) is 14.2. The van der Waals surface area contributed by atoms with Gasteiger partial charge in [-0.3, -0.25) is 10.1 Å². The molecule has 0 aliphatic rings. The van der Waals surface area contributed by atoms with Crippen LogP contribution in [0.25, 0.3) is 11.3 Å². The fourth-order valence-corrected chi connectivity index (χ4v) is 1.51. The molecule has 2 aromatic rings. The molecule has 0 spiro atoms. The van der Waals surface area contributed by atoms with E-state index >= 15 is 0 Å². The Morgan fingerprint density at radius 3 is 2.76 bits per heavy atom. The normalized spacial score (nSPS) is 10.2. The van der Waals surface area contributed by atoms with Crippen LogP contribution in [0.5, 0.6) is 0 Å². The summed E-state index contributed by atoms with van der Waals surface area (Å²) in [5.41, 5.74) is 0.944. The zero-order valence-corrected chi connectivity index (χ0v) is 9.05. The van der Waals surface area contributed by atoms with Gasteiger partial charge in [-0.25, -0.2) is 9.37 Å². The highest BCUT2D eigenvalue weighted by atomic mass is 19.1. The molecule has 0 saturated heterocycles. The molecule has 0 unspecified atom stereocenters. The van der Waals surface area contributed by atoms with E-state index in [0.29, 0.717) is 11.1 Å². The molecule has 17 heavy (non-hydrogen) atoms. The number of nitro groups is 1. The number of hydrogen-bond donors (Lipinski definition) is 0. The lowest BCUT2D eigenvalue weighted by atomic mass is 10.1. The van der Waals surface area contributed by atoms with Crippen LogP contribution in [0.3, 0.4) is 0 Å². The van der Waals surface area contributed by atoms with Crippen LogP contribution in [0.4, 0.5) is 10.1 Å². The molecule has 0 amide bonds. The molecular formula is C12H9FN2O2. The Morgan fingerprint density at radius 2 is 2.12 bits per heavy atom. The first-order valence-corrected chi connectivity index (χ1v) is 4.95. The van der Waals surface area contributed by atoms with E-state index in [0.717, 1.165) is 0 Å². The number of nitrogens with zero attached hydrogens (tertiary/aromatic N) is 2. The van der Waals surface area contributed by atoms with Gasteiger partial charge in [0.05, 0.1) is 4.92 Å². The summed E-state index contributed by atoms with van der Waals surface area (Å²) in [5, 5.41) is 10.8. The van der Waals surface area contributed by atoms with E-state index in [1.54, 1.807) is 19.1 Å². The van der Waals surface area contributed by atoms with Crippen molar-refractivity contribution < 1.29 is 9.31 Å². The zero-order chi connectivity index (χ0) is 12.4. The van der Waals surface area contributed by atoms with Gasteiger partial charge in [-0.05, 0) is 24.6 Å². The summed E-state index contributed by atoms with van der Waals surface area (Å²) in [7, 11) is 0. The minimum Gasteiger partial charge on any atom is -0.258 e. The summed E-state index contributed by atoms with van der Waals surface area (Å²) in [5.74, 6) is -0.401. The van der Waals surface area contributed by atoms with Gasteiger partial charge >= 0.3 is 0 Å². The number of rotatable bonds is 2. The molecule has 2 rings (SSSR count). The minimum absolute atomic E-state index is 0.129. The SMILES string of the molecule is Cc1ccc(-c2ncccc2[N+](=O)[O-])cc1F. The summed E-state index contributed by atoms with van der Waals surface area (Å²) in [6, 6.07) is 7.27. The molecule has 86 valence electrons. The standard InChI is InChI=1S/C12H9FN2O2/c1-8-4-5-9(7-10(8)13)12-11(15(16)17)3-2-6-14-12/h2-7H,1H3. The Morgan fingerprint density at radius 1 is 1.35 bits per heavy atom. The molecule has 1 heterocycles. The molecule has 1 aromatic carbocycles. The third kappa shape index (κ3) is 2.13. The van der Waals surface area contributed by atoms with Crippen LogP contribution in [0.1, 0.15) is 5.56 Å². The number of halogens is 1. The van der Waals surface area contributed by atoms with Crippen LogP contribution >= 0.6 is 0 Å². The molecule has 5 heteroatoms.